The summed E-state index contributed by atoms with van der Waals surface area (Å²) in [5.41, 5.74) is 1.43. The summed E-state index contributed by atoms with van der Waals surface area (Å²) in [5, 5.41) is 0. The molecule has 0 heterocycles. The molecule has 0 saturated carbocycles. The van der Waals surface area contributed by atoms with Crippen LogP contribution in [0.15, 0.2) is 18.2 Å². The number of hydrogen-bond donors (Lipinski definition) is 2. The predicted octanol–water partition coefficient (Wildman–Crippen LogP) is 2.39. The SMILES string of the molecule is Cc1ccc(F)c(NS)c1. The van der Waals surface area contributed by atoms with Crippen LogP contribution >= 0.6 is 12.8 Å². The van der Waals surface area contributed by atoms with Crippen LogP contribution in [0.3, 0.4) is 0 Å². The number of hydrogen-bond acceptors (Lipinski definition) is 2. The molecule has 1 nitrogen and oxygen atoms in total. The van der Waals surface area contributed by atoms with Crippen molar-refractivity contribution in [1.82, 2.24) is 0 Å². The second-order valence-electron chi connectivity index (χ2n) is 2.10. The van der Waals surface area contributed by atoms with Gasteiger partial charge < -0.3 is 4.72 Å². The normalized spacial score (nSPS) is 9.50. The highest BCUT2D eigenvalue weighted by molar-refractivity contribution is 7.81. The minimum Gasteiger partial charge on any atom is -0.330 e. The average Bonchev–Trinajstić information content (AvgIpc) is 1.94. The zero-order valence-corrected chi connectivity index (χ0v) is 6.45. The van der Waals surface area contributed by atoms with E-state index in [4.69, 9.17) is 0 Å². The Morgan fingerprint density at radius 3 is 2.70 bits per heavy atom. The second-order valence-corrected chi connectivity index (χ2v) is 2.32. The summed E-state index contributed by atoms with van der Waals surface area (Å²) in [6.45, 7) is 1.90. The van der Waals surface area contributed by atoms with Crippen molar-refractivity contribution in [3.05, 3.63) is 29.6 Å². The quantitative estimate of drug-likeness (QED) is 0.596. The monoisotopic (exact) mass is 157 g/mol. The highest BCUT2D eigenvalue weighted by atomic mass is 32.1. The summed E-state index contributed by atoms with van der Waals surface area (Å²) in [6, 6.07) is 4.82. The molecular formula is C7H8FNS. The molecule has 0 saturated heterocycles. The fraction of sp³-hybridized carbons (Fsp3) is 0.143. The molecule has 0 aromatic heterocycles. The average molecular weight is 157 g/mol. The Hall–Kier alpha value is -0.700. The molecular weight excluding hydrogens is 149 g/mol. The lowest BCUT2D eigenvalue weighted by Crippen LogP contribution is -1.86. The van der Waals surface area contributed by atoms with Crippen molar-refractivity contribution in [2.75, 3.05) is 4.72 Å². The number of nitrogens with one attached hydrogen (secondary N) is 1. The summed E-state index contributed by atoms with van der Waals surface area (Å²) in [6.07, 6.45) is 0. The van der Waals surface area contributed by atoms with Crippen LogP contribution in [0, 0.1) is 12.7 Å². The molecule has 0 bridgehead atoms. The van der Waals surface area contributed by atoms with Crippen LogP contribution in [-0.2, 0) is 0 Å². The van der Waals surface area contributed by atoms with Crippen LogP contribution in [0.2, 0.25) is 0 Å². The van der Waals surface area contributed by atoms with E-state index >= 15 is 0 Å². The fourth-order valence-corrected chi connectivity index (χ4v) is 0.896. The summed E-state index contributed by atoms with van der Waals surface area (Å²) < 4.78 is 15.1. The number of halogens is 1. The third-order valence-electron chi connectivity index (χ3n) is 1.24. The summed E-state index contributed by atoms with van der Waals surface area (Å²) in [7, 11) is 0. The molecule has 54 valence electrons. The van der Waals surface area contributed by atoms with Crippen molar-refractivity contribution < 1.29 is 4.39 Å². The highest BCUT2D eigenvalue weighted by Gasteiger charge is 1.97. The maximum Gasteiger partial charge on any atom is 0.147 e. The van der Waals surface area contributed by atoms with E-state index in [1.165, 1.54) is 6.07 Å². The topological polar surface area (TPSA) is 12.0 Å². The lowest BCUT2D eigenvalue weighted by Gasteiger charge is -2.00. The third kappa shape index (κ3) is 1.42. The number of anilines is 1. The molecule has 1 N–H and O–H groups in total. The van der Waals surface area contributed by atoms with Crippen LogP contribution in [0.4, 0.5) is 10.1 Å². The zero-order chi connectivity index (χ0) is 7.56. The molecule has 0 radical (unpaired) electrons. The number of benzene rings is 1. The van der Waals surface area contributed by atoms with Gasteiger partial charge in [0.2, 0.25) is 0 Å². The molecule has 0 aliphatic heterocycles. The van der Waals surface area contributed by atoms with E-state index in [1.54, 1.807) is 12.1 Å². The maximum absolute atomic E-state index is 12.7. The standard InChI is InChI=1S/C7H8FNS/c1-5-2-3-6(8)7(4-5)9-10/h2-4,9-10H,1H3. The van der Waals surface area contributed by atoms with Gasteiger partial charge in [0.1, 0.15) is 5.82 Å². The third-order valence-corrected chi connectivity index (χ3v) is 1.48. The van der Waals surface area contributed by atoms with E-state index in [1.807, 2.05) is 6.92 Å². The van der Waals surface area contributed by atoms with Crippen molar-refractivity contribution in [2.24, 2.45) is 0 Å². The molecule has 0 aliphatic carbocycles. The molecule has 0 atom stereocenters. The molecule has 0 amide bonds. The summed E-state index contributed by atoms with van der Waals surface area (Å²) in [5.74, 6) is -0.277. The largest absolute Gasteiger partial charge is 0.330 e. The Morgan fingerprint density at radius 1 is 1.50 bits per heavy atom. The lowest BCUT2D eigenvalue weighted by atomic mass is 10.2. The highest BCUT2D eigenvalue weighted by Crippen LogP contribution is 2.15. The molecule has 0 spiro atoms. The first kappa shape index (κ1) is 7.41. The number of aryl methyl sites for hydroxylation is 1. The van der Waals surface area contributed by atoms with Gasteiger partial charge in [0.25, 0.3) is 0 Å². The molecule has 10 heavy (non-hydrogen) atoms. The Bertz CT molecular complexity index is 237. The van der Waals surface area contributed by atoms with Crippen LogP contribution in [0.5, 0.6) is 0 Å². The van der Waals surface area contributed by atoms with E-state index in [9.17, 15) is 4.39 Å². The lowest BCUT2D eigenvalue weighted by molar-refractivity contribution is 0.632. The van der Waals surface area contributed by atoms with Gasteiger partial charge >= 0.3 is 0 Å². The smallest absolute Gasteiger partial charge is 0.147 e. The van der Waals surface area contributed by atoms with E-state index in [0.717, 1.165) is 5.56 Å². The molecule has 0 unspecified atom stereocenters. The first-order valence-electron chi connectivity index (χ1n) is 2.90. The molecule has 1 aromatic carbocycles. The van der Waals surface area contributed by atoms with Crippen molar-refractivity contribution in [3.63, 3.8) is 0 Å². The van der Waals surface area contributed by atoms with E-state index in [0.29, 0.717) is 5.69 Å². The second kappa shape index (κ2) is 2.92. The molecule has 0 aliphatic rings. The summed E-state index contributed by atoms with van der Waals surface area (Å²) in [4.78, 5) is 0. The Labute approximate surface area is 64.8 Å². The van der Waals surface area contributed by atoms with Gasteiger partial charge in [-0.1, -0.05) is 18.9 Å². The van der Waals surface area contributed by atoms with Crippen molar-refractivity contribution in [3.8, 4) is 0 Å². The number of rotatable bonds is 1. The van der Waals surface area contributed by atoms with Crippen LogP contribution in [0.25, 0.3) is 0 Å². The van der Waals surface area contributed by atoms with Crippen LogP contribution < -0.4 is 4.72 Å². The van der Waals surface area contributed by atoms with Gasteiger partial charge in [-0.15, -0.1) is 0 Å². The van der Waals surface area contributed by atoms with Crippen molar-refractivity contribution in [1.29, 1.82) is 0 Å². The van der Waals surface area contributed by atoms with Crippen molar-refractivity contribution >= 4 is 18.5 Å². The van der Waals surface area contributed by atoms with Gasteiger partial charge in [0.15, 0.2) is 0 Å². The van der Waals surface area contributed by atoms with Crippen molar-refractivity contribution in [2.45, 2.75) is 6.92 Å². The van der Waals surface area contributed by atoms with E-state index in [-0.39, 0.29) is 5.82 Å². The van der Waals surface area contributed by atoms with Crippen LogP contribution in [0.1, 0.15) is 5.56 Å². The van der Waals surface area contributed by atoms with Gasteiger partial charge in [-0.3, -0.25) is 0 Å². The minimum absolute atomic E-state index is 0.277. The summed E-state index contributed by atoms with van der Waals surface area (Å²) >= 11 is 3.74. The molecule has 1 rings (SSSR count). The molecule has 1 aromatic rings. The minimum atomic E-state index is -0.277. The van der Waals surface area contributed by atoms with Gasteiger partial charge in [0.05, 0.1) is 5.69 Å². The Morgan fingerprint density at radius 2 is 2.20 bits per heavy atom. The van der Waals surface area contributed by atoms with Gasteiger partial charge in [-0.05, 0) is 24.6 Å². The Balaban J connectivity index is 3.09. The predicted molar refractivity (Wildman–Crippen MR) is 43.7 cm³/mol. The van der Waals surface area contributed by atoms with E-state index in [2.05, 4.69) is 17.5 Å². The van der Waals surface area contributed by atoms with Crippen LogP contribution in [-0.4, -0.2) is 0 Å². The zero-order valence-electron chi connectivity index (χ0n) is 5.56. The molecule has 0 fully saturated rings. The first-order chi connectivity index (χ1) is 4.74. The van der Waals surface area contributed by atoms with Gasteiger partial charge in [-0.25, -0.2) is 4.39 Å². The molecule has 3 heteroatoms. The van der Waals surface area contributed by atoms with Gasteiger partial charge in [0, 0.05) is 0 Å². The number of thiol groups is 1. The Kier molecular flexibility index (Phi) is 2.17. The maximum atomic E-state index is 12.7. The van der Waals surface area contributed by atoms with E-state index < -0.39 is 0 Å². The fourth-order valence-electron chi connectivity index (χ4n) is 0.725. The van der Waals surface area contributed by atoms with Gasteiger partial charge in [-0.2, -0.15) is 0 Å². The first-order valence-corrected chi connectivity index (χ1v) is 3.35.